The smallest absolute Gasteiger partial charge is 0.326 e. The first-order chi connectivity index (χ1) is 52.0. The topological polar surface area (TPSA) is 812 Å². The molecule has 46 heteroatoms. The lowest BCUT2D eigenvalue weighted by Crippen LogP contribution is -2.60. The van der Waals surface area contributed by atoms with Crippen molar-refractivity contribution in [1.82, 2.24) is 58.1 Å². The first-order valence-electron chi connectivity index (χ1n) is 36.4. The summed E-state index contributed by atoms with van der Waals surface area (Å²) in [4.78, 5) is 202. The van der Waals surface area contributed by atoms with E-state index in [9.17, 15) is 72.5 Å². The molecule has 0 aromatic rings. The molecule has 0 spiro atoms. The van der Waals surface area contributed by atoms with Crippen LogP contribution < -0.4 is 133 Å². The highest BCUT2D eigenvalue weighted by atomic mass is 32.2. The number of guanidine groups is 5. The standard InChI is InChI=1S/C64H122N30O15S/c1-34(84-49(98)38(16-8-27-79-60(69)70)88-56(105)43(22-23-46(67)96)92-57(106)45-21-13-32-94(45)58(107)47(68)35(2)95)48(97)85-39(17-9-28-80-61(71)72)52(101)89-41(19-11-30-82-63(75)76)54(103)90-40(18-10-29-81-62(73)74)53(102)87-36(14-4-6-25-65)50(99)86-37(15-5-7-26-66)51(100)91-42(20-12-31-83-64(77)78)55(104)93-44(59(108)109)24-33-110-3/h34-45,47,95H,4-33,65-66,68H2,1-3H3,(H2,67,96)(H,84,98)(H,85,97)(H,86,99)(H,87,102)(H,88,105)(H,89,101)(H,90,103)(H,91,100)(H,92,106)(H,93,104)(H,108,109)(H4,69,70,79)(H4,71,72,80)(H4,73,74,81)(H4,75,76,82)(H4,77,78,83)/t34-,35+,36-,37-,38-,39-,40-,41-,42-,43-,44-,45-,47-/m0/s1. The maximum atomic E-state index is 14.8. The van der Waals surface area contributed by atoms with Crippen LogP contribution in [-0.2, 0) is 62.3 Å². The summed E-state index contributed by atoms with van der Waals surface area (Å²) < 4.78 is 0. The molecule has 1 aliphatic heterocycles. The zero-order valence-corrected chi connectivity index (χ0v) is 63.9. The molecule has 0 aromatic heterocycles. The van der Waals surface area contributed by atoms with E-state index in [1.54, 1.807) is 6.26 Å². The predicted molar refractivity (Wildman–Crippen MR) is 414 cm³/mol. The van der Waals surface area contributed by atoms with Gasteiger partial charge in [0, 0.05) is 45.7 Å². The van der Waals surface area contributed by atoms with E-state index in [0.29, 0.717) is 25.0 Å². The van der Waals surface area contributed by atoms with E-state index in [1.807, 2.05) is 0 Å². The Kier molecular flexibility index (Phi) is 48.2. The average molecular weight is 1580 g/mol. The lowest BCUT2D eigenvalue weighted by atomic mass is 10.0. The van der Waals surface area contributed by atoms with Crippen LogP contribution in [0.3, 0.4) is 0 Å². The minimum atomic E-state index is -1.56. The summed E-state index contributed by atoms with van der Waals surface area (Å²) in [5.74, 6) is -13.2. The largest absolute Gasteiger partial charge is 0.480 e. The van der Waals surface area contributed by atoms with Crippen LogP contribution in [0.25, 0.3) is 0 Å². The maximum absolute atomic E-state index is 14.8. The maximum Gasteiger partial charge on any atom is 0.326 e. The van der Waals surface area contributed by atoms with Gasteiger partial charge in [0.1, 0.15) is 72.5 Å². The van der Waals surface area contributed by atoms with Gasteiger partial charge in [0.15, 0.2) is 29.8 Å². The fraction of sp³-hybridized carbons (Fsp3) is 0.719. The molecule has 1 saturated heterocycles. The molecule has 1 heterocycles. The number of aliphatic hydroxyl groups excluding tert-OH is 1. The van der Waals surface area contributed by atoms with E-state index < -0.39 is 162 Å². The van der Waals surface area contributed by atoms with Gasteiger partial charge in [0.2, 0.25) is 70.9 Å². The Balaban J connectivity index is 3.88. The van der Waals surface area contributed by atoms with Crippen LogP contribution in [0.1, 0.15) is 149 Å². The number of carbonyl (C=O) groups excluding carboxylic acids is 12. The van der Waals surface area contributed by atoms with Crippen molar-refractivity contribution < 1.29 is 72.5 Å². The Labute approximate surface area is 643 Å². The minimum absolute atomic E-state index is 0.0120. The highest BCUT2D eigenvalue weighted by Gasteiger charge is 2.40. The molecule has 13 atom stereocenters. The molecule has 0 radical (unpaired) electrons. The molecule has 110 heavy (non-hydrogen) atoms. The number of aliphatic hydroxyl groups is 1. The average Bonchev–Trinajstić information content (AvgIpc) is 1.70. The number of hydrogen-bond donors (Lipinski definition) is 26. The number of rotatable bonds is 57. The van der Waals surface area contributed by atoms with E-state index in [2.05, 4.69) is 78.1 Å². The number of carbonyl (C=O) groups is 13. The number of unbranched alkanes of at least 4 members (excludes halogenated alkanes) is 2. The second kappa shape index (κ2) is 54.3. The zero-order chi connectivity index (χ0) is 83.0. The van der Waals surface area contributed by atoms with Gasteiger partial charge >= 0.3 is 5.97 Å². The number of nitrogens with two attached hydrogens (primary N) is 14. The van der Waals surface area contributed by atoms with Gasteiger partial charge in [0.25, 0.3) is 0 Å². The summed E-state index contributed by atoms with van der Waals surface area (Å²) in [5.41, 5.74) is 78.7. The summed E-state index contributed by atoms with van der Waals surface area (Å²) in [6.07, 6.45) is 0.783. The number of amides is 12. The van der Waals surface area contributed by atoms with Gasteiger partial charge in [-0.3, -0.25) is 82.5 Å². The van der Waals surface area contributed by atoms with Gasteiger partial charge in [-0.2, -0.15) is 11.8 Å². The molecule has 1 aliphatic rings. The number of thioether (sulfide) groups is 1. The number of carboxylic acid groups (broad SMARTS) is 1. The summed E-state index contributed by atoms with van der Waals surface area (Å²) in [6.45, 7) is 2.79. The molecule has 0 aliphatic carbocycles. The molecular weight excluding hydrogens is 1460 g/mol. The molecule has 1 rings (SSSR count). The Morgan fingerprint density at radius 3 is 0.982 bits per heavy atom. The highest BCUT2D eigenvalue weighted by Crippen LogP contribution is 2.20. The minimum Gasteiger partial charge on any atom is -0.480 e. The van der Waals surface area contributed by atoms with Gasteiger partial charge < -0.3 is 149 Å². The van der Waals surface area contributed by atoms with E-state index in [0.717, 1.165) is 0 Å². The Morgan fingerprint density at radius 1 is 0.409 bits per heavy atom. The molecule has 1 fully saturated rings. The van der Waals surface area contributed by atoms with Crippen molar-refractivity contribution in [3.8, 4) is 0 Å². The highest BCUT2D eigenvalue weighted by molar-refractivity contribution is 7.98. The van der Waals surface area contributed by atoms with Gasteiger partial charge in [-0.05, 0) is 167 Å². The van der Waals surface area contributed by atoms with E-state index in [4.69, 9.17) is 80.3 Å². The number of nitrogens with one attached hydrogen (secondary N) is 10. The molecular formula is C64H122N30O15S. The number of hydrogen-bond acceptors (Lipinski definition) is 23. The lowest BCUT2D eigenvalue weighted by Gasteiger charge is -2.29. The second-order valence-corrected chi connectivity index (χ2v) is 27.2. The van der Waals surface area contributed by atoms with E-state index in [1.165, 1.54) is 30.5 Å². The molecule has 0 aromatic carbocycles. The SMILES string of the molecule is CSCC[C@H](NC(=O)[C@H](CCCN=C(N)N)NC(=O)[C@H](CCCCN)NC(=O)[C@H](CCCCN)NC(=O)[C@H](CCCN=C(N)N)NC(=O)[C@H](CCCN=C(N)N)NC(=O)[C@H](CCCN=C(N)N)NC(=O)[C@H](C)NC(=O)[C@H](CCCN=C(N)N)NC(=O)[C@H](CCC(N)=O)NC(=O)[C@@H]1CCCN1C(=O)[C@@H](N)[C@@H](C)O)C(=O)O. The molecule has 0 saturated carbocycles. The number of nitrogens with zero attached hydrogens (tertiary/aromatic N) is 6. The van der Waals surface area contributed by atoms with Crippen molar-refractivity contribution in [2.45, 2.75) is 227 Å². The third-order valence-corrected chi connectivity index (χ3v) is 17.6. The van der Waals surface area contributed by atoms with Crippen LogP contribution in [0.4, 0.5) is 0 Å². The molecule has 12 amide bonds. The second-order valence-electron chi connectivity index (χ2n) is 26.2. The number of primary amides is 1. The predicted octanol–water partition coefficient (Wildman–Crippen LogP) is -10.8. The van der Waals surface area contributed by atoms with E-state index >= 15 is 0 Å². The van der Waals surface area contributed by atoms with Crippen LogP contribution in [0.2, 0.25) is 0 Å². The van der Waals surface area contributed by atoms with Crippen molar-refractivity contribution in [3.63, 3.8) is 0 Å². The molecule has 0 bridgehead atoms. The normalized spacial score (nSPS) is 15.6. The summed E-state index contributed by atoms with van der Waals surface area (Å²) in [6, 6.07) is -17.2. The lowest BCUT2D eigenvalue weighted by molar-refractivity contribution is -0.142. The van der Waals surface area contributed by atoms with Gasteiger partial charge in [-0.25, -0.2) is 4.79 Å². The van der Waals surface area contributed by atoms with Crippen LogP contribution >= 0.6 is 11.8 Å². The van der Waals surface area contributed by atoms with Gasteiger partial charge in [0.05, 0.1) is 6.10 Å². The number of likely N-dealkylation sites (tertiary alicyclic amines) is 1. The summed E-state index contributed by atoms with van der Waals surface area (Å²) >= 11 is 1.36. The third kappa shape index (κ3) is 40.7. The Morgan fingerprint density at radius 2 is 0.700 bits per heavy atom. The Hall–Kier alpha value is -10.3. The van der Waals surface area contributed by atoms with Crippen molar-refractivity contribution in [1.29, 1.82) is 0 Å². The van der Waals surface area contributed by atoms with Crippen molar-refractivity contribution in [2.75, 3.05) is 64.4 Å². The van der Waals surface area contributed by atoms with Crippen LogP contribution in [0.15, 0.2) is 25.0 Å². The van der Waals surface area contributed by atoms with Crippen LogP contribution in [-0.4, -0.2) is 265 Å². The fourth-order valence-corrected chi connectivity index (χ4v) is 11.5. The van der Waals surface area contributed by atoms with Gasteiger partial charge in [-0.15, -0.1) is 0 Å². The monoisotopic (exact) mass is 1580 g/mol. The van der Waals surface area contributed by atoms with E-state index in [-0.39, 0.29) is 191 Å². The Bertz CT molecular complexity index is 3130. The van der Waals surface area contributed by atoms with Crippen LogP contribution in [0, 0.1) is 0 Å². The number of aliphatic imine (C=N–C) groups is 5. The summed E-state index contributed by atoms with van der Waals surface area (Å²) in [5, 5.41) is 45.9. The van der Waals surface area contributed by atoms with Crippen LogP contribution in [0.5, 0.6) is 0 Å². The molecule has 40 N–H and O–H groups in total. The summed E-state index contributed by atoms with van der Waals surface area (Å²) in [7, 11) is 0. The molecule has 0 unspecified atom stereocenters. The fourth-order valence-electron chi connectivity index (χ4n) is 11.0. The number of carboxylic acids is 1. The van der Waals surface area contributed by atoms with Crippen molar-refractivity contribution in [2.24, 2.45) is 105 Å². The van der Waals surface area contributed by atoms with Crippen molar-refractivity contribution >= 4 is 118 Å². The first-order valence-corrected chi connectivity index (χ1v) is 37.8. The third-order valence-electron chi connectivity index (χ3n) is 17.0. The quantitative estimate of drug-likeness (QED) is 0.0153. The number of aliphatic carboxylic acids is 1. The van der Waals surface area contributed by atoms with Crippen molar-refractivity contribution in [3.05, 3.63) is 0 Å². The first kappa shape index (κ1) is 97.7. The molecule has 624 valence electrons. The van der Waals surface area contributed by atoms with Gasteiger partial charge in [-0.1, -0.05) is 0 Å². The molecule has 45 nitrogen and oxygen atoms in total. The zero-order valence-electron chi connectivity index (χ0n) is 63.1.